The minimum Gasteiger partial charge on any atom is -0.336 e. The fourth-order valence-corrected chi connectivity index (χ4v) is 5.36. The van der Waals surface area contributed by atoms with E-state index in [0.29, 0.717) is 28.5 Å². The Hall–Kier alpha value is -2.17. The second-order valence-corrected chi connectivity index (χ2v) is 8.38. The number of carbonyl (C=O) groups excluding carboxylic acids is 2. The third-order valence-corrected chi connectivity index (χ3v) is 6.83. The van der Waals surface area contributed by atoms with Crippen molar-refractivity contribution in [3.8, 4) is 10.4 Å². The first-order valence-electron chi connectivity index (χ1n) is 7.79. The highest BCUT2D eigenvalue weighted by atomic mass is 32.2. The summed E-state index contributed by atoms with van der Waals surface area (Å²) in [5.74, 6) is -0.229. The van der Waals surface area contributed by atoms with Crippen LogP contribution in [0.15, 0.2) is 32.8 Å². The van der Waals surface area contributed by atoms with Crippen molar-refractivity contribution < 1.29 is 9.59 Å². The van der Waals surface area contributed by atoms with E-state index in [0.717, 1.165) is 10.4 Å². The molecule has 0 bridgehead atoms. The van der Waals surface area contributed by atoms with Crippen LogP contribution in [-0.2, 0) is 11.8 Å². The summed E-state index contributed by atoms with van der Waals surface area (Å²) in [6.45, 7) is 0.845. The number of nitrogens with zero attached hydrogens (tertiary/aromatic N) is 3. The summed E-state index contributed by atoms with van der Waals surface area (Å²) in [5.41, 5.74) is 0.767. The van der Waals surface area contributed by atoms with Crippen LogP contribution in [0.25, 0.3) is 20.7 Å². The lowest BCUT2D eigenvalue weighted by Crippen LogP contribution is -2.35. The maximum absolute atomic E-state index is 12.8. The number of hydrogen-bond acceptors (Lipinski definition) is 7. The van der Waals surface area contributed by atoms with Crippen molar-refractivity contribution in [2.75, 3.05) is 18.8 Å². The zero-order chi connectivity index (χ0) is 18.3. The number of imide groups is 1. The second kappa shape index (κ2) is 6.86. The summed E-state index contributed by atoms with van der Waals surface area (Å²) in [6.07, 6.45) is 0. The standard InChI is InChI=1S/C16H14N4O3S3/c1-19-14(22)12-9(10-3-2-6-24-10)7-25-13(12)18-16(19)26-8-11(21)20-5-4-17-15(20)23/h2-3,6-7H,4-5,8H2,1H3,(H,17,23). The van der Waals surface area contributed by atoms with E-state index in [2.05, 4.69) is 10.3 Å². The zero-order valence-corrected chi connectivity index (χ0v) is 16.2. The maximum atomic E-state index is 12.8. The van der Waals surface area contributed by atoms with E-state index in [4.69, 9.17) is 0 Å². The molecule has 1 N–H and O–H groups in total. The lowest BCUT2D eigenvalue weighted by Gasteiger charge is -2.12. The third-order valence-electron chi connectivity index (χ3n) is 4.04. The van der Waals surface area contributed by atoms with E-state index < -0.39 is 0 Å². The van der Waals surface area contributed by atoms with Crippen LogP contribution < -0.4 is 10.9 Å². The van der Waals surface area contributed by atoms with E-state index in [-0.39, 0.29) is 23.3 Å². The highest BCUT2D eigenvalue weighted by molar-refractivity contribution is 7.99. The number of aromatic nitrogens is 2. The molecule has 0 aromatic carbocycles. The Morgan fingerprint density at radius 3 is 2.92 bits per heavy atom. The summed E-state index contributed by atoms with van der Waals surface area (Å²) in [5, 5.41) is 7.59. The molecule has 3 aromatic rings. The average molecular weight is 407 g/mol. The molecular formula is C16H14N4O3S3. The van der Waals surface area contributed by atoms with Gasteiger partial charge < -0.3 is 5.32 Å². The van der Waals surface area contributed by atoms with Crippen molar-refractivity contribution in [2.24, 2.45) is 7.05 Å². The number of rotatable bonds is 4. The minimum atomic E-state index is -0.369. The largest absolute Gasteiger partial charge is 0.336 e. The van der Waals surface area contributed by atoms with Gasteiger partial charge in [0.2, 0.25) is 5.91 Å². The zero-order valence-electron chi connectivity index (χ0n) is 13.7. The van der Waals surface area contributed by atoms with Gasteiger partial charge in [0.15, 0.2) is 5.16 Å². The van der Waals surface area contributed by atoms with Crippen LogP contribution in [0.3, 0.4) is 0 Å². The molecular weight excluding hydrogens is 392 g/mol. The lowest BCUT2D eigenvalue weighted by atomic mass is 10.2. The molecule has 0 aliphatic carbocycles. The van der Waals surface area contributed by atoms with Gasteiger partial charge in [0.1, 0.15) is 4.83 Å². The number of urea groups is 1. The molecule has 0 radical (unpaired) electrons. The van der Waals surface area contributed by atoms with Crippen LogP contribution in [0, 0.1) is 0 Å². The summed E-state index contributed by atoms with van der Waals surface area (Å²) >= 11 is 4.17. The van der Waals surface area contributed by atoms with Crippen molar-refractivity contribution in [1.82, 2.24) is 19.8 Å². The van der Waals surface area contributed by atoms with Crippen molar-refractivity contribution in [3.63, 3.8) is 0 Å². The van der Waals surface area contributed by atoms with Gasteiger partial charge in [-0.05, 0) is 11.4 Å². The van der Waals surface area contributed by atoms with Gasteiger partial charge in [-0.3, -0.25) is 19.1 Å². The van der Waals surface area contributed by atoms with E-state index in [1.165, 1.54) is 32.6 Å². The predicted octanol–water partition coefficient (Wildman–Crippen LogP) is 2.37. The Balaban J connectivity index is 1.63. The number of nitrogens with one attached hydrogen (secondary N) is 1. The van der Waals surface area contributed by atoms with Crippen molar-refractivity contribution in [2.45, 2.75) is 5.16 Å². The summed E-state index contributed by atoms with van der Waals surface area (Å²) < 4.78 is 1.47. The van der Waals surface area contributed by atoms with Gasteiger partial charge in [-0.25, -0.2) is 9.78 Å². The number of carbonyl (C=O) groups is 2. The fraction of sp³-hybridized carbons (Fsp3) is 0.250. The van der Waals surface area contributed by atoms with Crippen LogP contribution in [0.2, 0.25) is 0 Å². The first-order chi connectivity index (χ1) is 12.6. The van der Waals surface area contributed by atoms with E-state index in [9.17, 15) is 14.4 Å². The first kappa shape index (κ1) is 17.3. The maximum Gasteiger partial charge on any atom is 0.324 e. The number of hydrogen-bond donors (Lipinski definition) is 1. The Kier molecular flexibility index (Phi) is 4.55. The Morgan fingerprint density at radius 2 is 2.23 bits per heavy atom. The molecule has 3 aromatic heterocycles. The van der Waals surface area contributed by atoms with E-state index in [1.54, 1.807) is 18.4 Å². The second-order valence-electron chi connectivity index (χ2n) is 5.63. The highest BCUT2D eigenvalue weighted by Gasteiger charge is 2.26. The number of thioether (sulfide) groups is 1. The van der Waals surface area contributed by atoms with Crippen LogP contribution in [-0.4, -0.2) is 45.2 Å². The number of thiophene rings is 2. The van der Waals surface area contributed by atoms with E-state index in [1.807, 2.05) is 22.9 Å². The van der Waals surface area contributed by atoms with Gasteiger partial charge >= 0.3 is 6.03 Å². The summed E-state index contributed by atoms with van der Waals surface area (Å²) in [6, 6.07) is 3.56. The van der Waals surface area contributed by atoms with Crippen molar-refractivity contribution >= 4 is 56.6 Å². The van der Waals surface area contributed by atoms with Gasteiger partial charge in [-0.2, -0.15) is 0 Å². The minimum absolute atomic E-state index is 0.0579. The summed E-state index contributed by atoms with van der Waals surface area (Å²) in [7, 11) is 1.65. The fourth-order valence-electron chi connectivity index (χ4n) is 2.71. The molecule has 1 aliphatic rings. The molecule has 1 aliphatic heterocycles. The number of fused-ring (bicyclic) bond motifs is 1. The normalized spacial score (nSPS) is 14.2. The van der Waals surface area contributed by atoms with Gasteiger partial charge in [0.25, 0.3) is 5.56 Å². The molecule has 0 saturated carbocycles. The third kappa shape index (κ3) is 2.93. The van der Waals surface area contributed by atoms with Gasteiger partial charge in [0, 0.05) is 36.0 Å². The molecule has 1 saturated heterocycles. The molecule has 1 fully saturated rings. The molecule has 4 rings (SSSR count). The Morgan fingerprint density at radius 1 is 1.38 bits per heavy atom. The molecule has 10 heteroatoms. The molecule has 0 atom stereocenters. The predicted molar refractivity (Wildman–Crippen MR) is 104 cm³/mol. The molecule has 0 unspecified atom stereocenters. The van der Waals surface area contributed by atoms with Crippen LogP contribution in [0.4, 0.5) is 4.79 Å². The number of amides is 3. The summed E-state index contributed by atoms with van der Waals surface area (Å²) in [4.78, 5) is 44.0. The van der Waals surface area contributed by atoms with E-state index >= 15 is 0 Å². The molecule has 26 heavy (non-hydrogen) atoms. The molecule has 3 amide bonds. The van der Waals surface area contributed by atoms with Gasteiger partial charge in [-0.1, -0.05) is 17.8 Å². The first-order valence-corrected chi connectivity index (χ1v) is 10.5. The van der Waals surface area contributed by atoms with Gasteiger partial charge in [-0.15, -0.1) is 22.7 Å². The molecule has 0 spiro atoms. The molecule has 7 nitrogen and oxygen atoms in total. The van der Waals surface area contributed by atoms with Crippen molar-refractivity contribution in [3.05, 3.63) is 33.2 Å². The molecule has 4 heterocycles. The van der Waals surface area contributed by atoms with Crippen molar-refractivity contribution in [1.29, 1.82) is 0 Å². The average Bonchev–Trinajstić information content (AvgIpc) is 3.36. The molecule has 134 valence electrons. The lowest BCUT2D eigenvalue weighted by molar-refractivity contribution is -0.124. The van der Waals surface area contributed by atoms with Crippen LogP contribution >= 0.6 is 34.4 Å². The Bertz CT molecular complexity index is 1050. The SMILES string of the molecule is Cn1c(SCC(=O)N2CCNC2=O)nc2scc(-c3cccs3)c2c1=O. The Labute approximate surface area is 160 Å². The monoisotopic (exact) mass is 406 g/mol. The highest BCUT2D eigenvalue weighted by Crippen LogP contribution is 2.34. The van der Waals surface area contributed by atoms with Crippen LogP contribution in [0.1, 0.15) is 0 Å². The van der Waals surface area contributed by atoms with Gasteiger partial charge in [0.05, 0.1) is 11.1 Å². The topological polar surface area (TPSA) is 84.3 Å². The van der Waals surface area contributed by atoms with Crippen LogP contribution in [0.5, 0.6) is 0 Å². The quantitative estimate of drug-likeness (QED) is 0.531. The smallest absolute Gasteiger partial charge is 0.324 e.